The Morgan fingerprint density at radius 1 is 1.19 bits per heavy atom. The lowest BCUT2D eigenvalue weighted by atomic mass is 9.73. The molecule has 8 heteroatoms. The van der Waals surface area contributed by atoms with E-state index in [1.165, 1.54) is 0 Å². The number of fused-ring (bicyclic) bond motifs is 1. The zero-order valence-corrected chi connectivity index (χ0v) is 23.7. The SMILES string of the molecule is CC(=Cc1csc(C)n1)[C@H]1OC(=O)C[C@H](O)C(C)(C)C(=O)[C@H](C)[C@@H](O)[C@@H](C)CCC[C@@]2(C)O[C@H]2[C@@H]1C. The third-order valence-electron chi connectivity index (χ3n) is 8.29. The molecule has 2 aliphatic rings. The molecule has 36 heavy (non-hydrogen) atoms. The number of thiazole rings is 1. The number of cyclic esters (lactones) is 1. The normalized spacial score (nSPS) is 38.8. The first-order valence-electron chi connectivity index (χ1n) is 13.1. The fourth-order valence-corrected chi connectivity index (χ4v) is 6.17. The molecule has 0 radical (unpaired) electrons. The minimum absolute atomic E-state index is 0.0764. The van der Waals surface area contributed by atoms with Crippen LogP contribution in [-0.2, 0) is 19.1 Å². The minimum atomic E-state index is -1.24. The van der Waals surface area contributed by atoms with Crippen molar-refractivity contribution in [2.75, 3.05) is 0 Å². The molecule has 0 unspecified atom stereocenters. The number of epoxide rings is 1. The lowest BCUT2D eigenvalue weighted by Crippen LogP contribution is -2.46. The van der Waals surface area contributed by atoms with Gasteiger partial charge in [0.05, 0.1) is 46.5 Å². The number of carbonyl (C=O) groups is 2. The standard InChI is InChI=1S/C28H43NO6S/c1-15-10-9-11-28(8)26(35-28)18(4)24(16(2)12-20-14-36-19(5)29-20)34-22(31)13-21(30)27(6,7)25(33)17(3)23(15)32/h12,14-15,17-18,21,23-24,26,30,32H,9-11,13H2,1-8H3/t15-,17+,18+,21-,23-,24+,26-,28+/m0/s1. The smallest absolute Gasteiger partial charge is 0.309 e. The average molecular weight is 522 g/mol. The van der Waals surface area contributed by atoms with Gasteiger partial charge < -0.3 is 19.7 Å². The van der Waals surface area contributed by atoms with Gasteiger partial charge in [-0.05, 0) is 51.2 Å². The largest absolute Gasteiger partial charge is 0.457 e. The molecule has 3 rings (SSSR count). The van der Waals surface area contributed by atoms with Crippen molar-refractivity contribution in [1.29, 1.82) is 0 Å². The molecule has 0 spiro atoms. The van der Waals surface area contributed by atoms with Crippen molar-refractivity contribution in [2.24, 2.45) is 23.2 Å². The first-order valence-corrected chi connectivity index (χ1v) is 13.9. The van der Waals surface area contributed by atoms with Gasteiger partial charge in [-0.15, -0.1) is 11.3 Å². The minimum Gasteiger partial charge on any atom is -0.457 e. The number of aromatic nitrogens is 1. The first kappa shape index (κ1) is 29.0. The zero-order chi connectivity index (χ0) is 27.0. The molecule has 8 atom stereocenters. The Morgan fingerprint density at radius 3 is 2.47 bits per heavy atom. The van der Waals surface area contributed by atoms with Crippen molar-refractivity contribution >= 4 is 29.2 Å². The van der Waals surface area contributed by atoms with Crippen LogP contribution >= 0.6 is 11.3 Å². The molecule has 0 bridgehead atoms. The van der Waals surface area contributed by atoms with E-state index >= 15 is 0 Å². The number of rotatable bonds is 2. The molecule has 2 N–H and O–H groups in total. The van der Waals surface area contributed by atoms with Crippen LogP contribution in [-0.4, -0.2) is 57.0 Å². The topological polar surface area (TPSA) is 109 Å². The summed E-state index contributed by atoms with van der Waals surface area (Å²) in [5.41, 5.74) is 0.138. The summed E-state index contributed by atoms with van der Waals surface area (Å²) in [6.07, 6.45) is 1.37. The summed E-state index contributed by atoms with van der Waals surface area (Å²) < 4.78 is 12.1. The fourth-order valence-electron chi connectivity index (χ4n) is 5.60. The quantitative estimate of drug-likeness (QED) is 0.428. The number of aliphatic hydroxyl groups is 2. The molecule has 2 fully saturated rings. The van der Waals surface area contributed by atoms with E-state index in [1.807, 2.05) is 39.2 Å². The molecule has 2 saturated heterocycles. The van der Waals surface area contributed by atoms with Gasteiger partial charge in [0, 0.05) is 17.2 Å². The Balaban J connectivity index is 1.91. The van der Waals surface area contributed by atoms with Crippen LogP contribution < -0.4 is 0 Å². The van der Waals surface area contributed by atoms with E-state index in [-0.39, 0.29) is 35.7 Å². The van der Waals surface area contributed by atoms with Gasteiger partial charge in [0.25, 0.3) is 0 Å². The van der Waals surface area contributed by atoms with Crippen molar-refractivity contribution in [3.63, 3.8) is 0 Å². The molecule has 2 aliphatic heterocycles. The Kier molecular flexibility index (Phi) is 8.86. The summed E-state index contributed by atoms with van der Waals surface area (Å²) in [6, 6.07) is 0. The monoisotopic (exact) mass is 521 g/mol. The van der Waals surface area contributed by atoms with Crippen molar-refractivity contribution in [1.82, 2.24) is 4.98 Å². The van der Waals surface area contributed by atoms with Gasteiger partial charge in [-0.25, -0.2) is 4.98 Å². The Hall–Kier alpha value is -1.61. The van der Waals surface area contributed by atoms with Gasteiger partial charge in [-0.3, -0.25) is 9.59 Å². The maximum atomic E-state index is 13.3. The van der Waals surface area contributed by atoms with Crippen molar-refractivity contribution < 1.29 is 29.3 Å². The van der Waals surface area contributed by atoms with E-state index in [0.29, 0.717) is 0 Å². The summed E-state index contributed by atoms with van der Waals surface area (Å²) in [5.74, 6) is -1.68. The van der Waals surface area contributed by atoms with Crippen LogP contribution in [0.3, 0.4) is 0 Å². The third kappa shape index (κ3) is 6.26. The molecular weight excluding hydrogens is 478 g/mol. The number of aryl methyl sites for hydroxylation is 1. The van der Waals surface area contributed by atoms with E-state index in [9.17, 15) is 19.8 Å². The van der Waals surface area contributed by atoms with E-state index in [0.717, 1.165) is 35.5 Å². The zero-order valence-electron chi connectivity index (χ0n) is 22.9. The third-order valence-corrected chi connectivity index (χ3v) is 9.08. The second-order valence-electron chi connectivity index (χ2n) is 11.8. The lowest BCUT2D eigenvalue weighted by molar-refractivity contribution is -0.156. The maximum absolute atomic E-state index is 13.3. The van der Waals surface area contributed by atoms with E-state index in [4.69, 9.17) is 9.47 Å². The Labute approximate surface area is 219 Å². The molecule has 3 heterocycles. The highest BCUT2D eigenvalue weighted by molar-refractivity contribution is 7.09. The predicted molar refractivity (Wildman–Crippen MR) is 140 cm³/mol. The summed E-state index contributed by atoms with van der Waals surface area (Å²) in [6.45, 7) is 14.9. The Bertz CT molecular complexity index is 986. The molecule has 0 saturated carbocycles. The average Bonchev–Trinajstić information content (AvgIpc) is 3.31. The summed E-state index contributed by atoms with van der Waals surface area (Å²) in [4.78, 5) is 30.8. The molecule has 0 aliphatic carbocycles. The summed E-state index contributed by atoms with van der Waals surface area (Å²) in [5, 5.41) is 24.7. The molecule has 0 aromatic carbocycles. The van der Waals surface area contributed by atoms with Crippen LogP contribution in [0.15, 0.2) is 11.0 Å². The van der Waals surface area contributed by atoms with Crippen LogP contribution in [0.5, 0.6) is 0 Å². The number of ketones is 1. The summed E-state index contributed by atoms with van der Waals surface area (Å²) in [7, 11) is 0. The number of nitrogens with zero attached hydrogens (tertiary/aromatic N) is 1. The van der Waals surface area contributed by atoms with Gasteiger partial charge in [0.15, 0.2) is 0 Å². The van der Waals surface area contributed by atoms with Crippen LogP contribution in [0.25, 0.3) is 6.08 Å². The van der Waals surface area contributed by atoms with Crippen LogP contribution in [0.2, 0.25) is 0 Å². The molecular formula is C28H43NO6S. The van der Waals surface area contributed by atoms with Crippen LogP contribution in [0.4, 0.5) is 0 Å². The number of ether oxygens (including phenoxy) is 2. The maximum Gasteiger partial charge on any atom is 0.309 e. The molecule has 7 nitrogen and oxygen atoms in total. The van der Waals surface area contributed by atoms with Crippen molar-refractivity contribution in [3.05, 3.63) is 21.7 Å². The highest BCUT2D eigenvalue weighted by atomic mass is 32.1. The van der Waals surface area contributed by atoms with E-state index in [2.05, 4.69) is 11.9 Å². The summed E-state index contributed by atoms with van der Waals surface area (Å²) >= 11 is 1.56. The van der Waals surface area contributed by atoms with E-state index < -0.39 is 35.6 Å². The van der Waals surface area contributed by atoms with Gasteiger partial charge in [-0.2, -0.15) is 0 Å². The number of esters is 1. The highest BCUT2D eigenvalue weighted by Gasteiger charge is 2.56. The first-order chi connectivity index (χ1) is 16.7. The predicted octanol–water partition coefficient (Wildman–Crippen LogP) is 4.72. The van der Waals surface area contributed by atoms with E-state index in [1.54, 1.807) is 32.1 Å². The van der Waals surface area contributed by atoms with Crippen LogP contribution in [0, 0.1) is 30.1 Å². The number of hydrogen-bond donors (Lipinski definition) is 2. The second-order valence-corrected chi connectivity index (χ2v) is 12.8. The van der Waals surface area contributed by atoms with Gasteiger partial charge in [-0.1, -0.05) is 41.0 Å². The number of hydrogen-bond acceptors (Lipinski definition) is 8. The second kappa shape index (κ2) is 11.0. The highest BCUT2D eigenvalue weighted by Crippen LogP contribution is 2.47. The molecule has 0 amide bonds. The van der Waals surface area contributed by atoms with Crippen molar-refractivity contribution in [3.8, 4) is 0 Å². The van der Waals surface area contributed by atoms with Gasteiger partial charge >= 0.3 is 5.97 Å². The number of aliphatic hydroxyl groups excluding tert-OH is 2. The molecule has 1 aromatic rings. The number of Topliss-reactive ketones (excluding diaryl/α,β-unsaturated/α-hetero) is 1. The van der Waals surface area contributed by atoms with Crippen LogP contribution in [0.1, 0.15) is 84.9 Å². The number of carbonyl (C=O) groups excluding carboxylic acids is 2. The van der Waals surface area contributed by atoms with Crippen molar-refractivity contribution in [2.45, 2.75) is 111 Å². The Morgan fingerprint density at radius 2 is 1.86 bits per heavy atom. The molecule has 202 valence electrons. The molecule has 1 aromatic heterocycles. The fraction of sp³-hybridized carbons (Fsp3) is 0.750. The van der Waals surface area contributed by atoms with Gasteiger partial charge in [0.2, 0.25) is 0 Å². The lowest BCUT2D eigenvalue weighted by Gasteiger charge is -2.35. The van der Waals surface area contributed by atoms with Gasteiger partial charge in [0.1, 0.15) is 11.9 Å².